The summed E-state index contributed by atoms with van der Waals surface area (Å²) in [6.45, 7) is 1.18. The van der Waals surface area contributed by atoms with Crippen LogP contribution in [0.3, 0.4) is 0 Å². The Morgan fingerprint density at radius 2 is 1.96 bits per heavy atom. The Kier molecular flexibility index (Phi) is 4.54. The number of fused-ring (bicyclic) bond motifs is 1. The molecular weight excluding hydrogens is 348 g/mol. The number of rotatable bonds is 3. The molecule has 1 N–H and O–H groups in total. The van der Waals surface area contributed by atoms with E-state index in [4.69, 9.17) is 11.6 Å². The van der Waals surface area contributed by atoms with Gasteiger partial charge in [-0.25, -0.2) is 9.97 Å². The minimum atomic E-state index is 0.0392. The molecule has 0 spiro atoms. The van der Waals surface area contributed by atoms with Crippen molar-refractivity contribution in [2.45, 2.75) is 13.0 Å². The maximum Gasteiger partial charge on any atom is 0.254 e. The van der Waals surface area contributed by atoms with Crippen molar-refractivity contribution in [3.05, 3.63) is 82.6 Å². The van der Waals surface area contributed by atoms with Crippen molar-refractivity contribution >= 4 is 29.1 Å². The summed E-state index contributed by atoms with van der Waals surface area (Å²) in [7, 11) is 0. The van der Waals surface area contributed by atoms with Crippen LogP contribution in [0.15, 0.2) is 60.8 Å². The average molecular weight is 365 g/mol. The van der Waals surface area contributed by atoms with Crippen LogP contribution in [-0.2, 0) is 13.0 Å². The molecule has 0 saturated carbocycles. The zero-order valence-corrected chi connectivity index (χ0v) is 14.8. The predicted octanol–water partition coefficient (Wildman–Crippen LogP) is 4.07. The Labute approximate surface area is 156 Å². The van der Waals surface area contributed by atoms with E-state index in [1.807, 2.05) is 59.5 Å². The maximum absolute atomic E-state index is 12.6. The van der Waals surface area contributed by atoms with E-state index in [1.165, 1.54) is 0 Å². The van der Waals surface area contributed by atoms with Gasteiger partial charge >= 0.3 is 0 Å². The zero-order valence-electron chi connectivity index (χ0n) is 14.0. The van der Waals surface area contributed by atoms with Gasteiger partial charge in [0.05, 0.1) is 5.69 Å². The van der Waals surface area contributed by atoms with Crippen molar-refractivity contribution in [1.82, 2.24) is 14.9 Å². The fraction of sp³-hybridized carbons (Fsp3) is 0.150. The Balaban J connectivity index is 1.50. The summed E-state index contributed by atoms with van der Waals surface area (Å²) in [4.78, 5) is 23.4. The van der Waals surface area contributed by atoms with E-state index in [0.717, 1.165) is 16.9 Å². The standard InChI is InChI=1S/C20H17ClN4O/c21-16-7-4-8-17(11-16)23-20-22-12-15-13-25(10-9-18(15)24-20)19(26)14-5-2-1-3-6-14/h1-8,11-12H,9-10,13H2,(H,22,23,24). The second-order valence-electron chi connectivity index (χ2n) is 6.14. The molecule has 2 aromatic carbocycles. The fourth-order valence-corrected chi connectivity index (χ4v) is 3.20. The number of benzene rings is 2. The minimum Gasteiger partial charge on any atom is -0.334 e. The molecule has 130 valence electrons. The third-order valence-electron chi connectivity index (χ3n) is 4.32. The second kappa shape index (κ2) is 7.14. The van der Waals surface area contributed by atoms with Gasteiger partial charge in [0.2, 0.25) is 5.95 Å². The van der Waals surface area contributed by atoms with Crippen LogP contribution in [0.2, 0.25) is 5.02 Å². The molecule has 0 bridgehead atoms. The highest BCUT2D eigenvalue weighted by atomic mass is 35.5. The molecule has 0 fully saturated rings. The molecule has 5 nitrogen and oxygen atoms in total. The summed E-state index contributed by atoms with van der Waals surface area (Å²) < 4.78 is 0. The molecule has 3 aromatic rings. The van der Waals surface area contributed by atoms with Crippen LogP contribution in [0.4, 0.5) is 11.6 Å². The molecule has 1 aromatic heterocycles. The van der Waals surface area contributed by atoms with Gasteiger partial charge in [-0.2, -0.15) is 0 Å². The molecule has 0 aliphatic carbocycles. The third kappa shape index (κ3) is 3.53. The Morgan fingerprint density at radius 3 is 2.77 bits per heavy atom. The van der Waals surface area contributed by atoms with Crippen molar-refractivity contribution in [2.24, 2.45) is 0 Å². The van der Waals surface area contributed by atoms with E-state index < -0.39 is 0 Å². The normalized spacial score (nSPS) is 13.2. The first-order valence-corrected chi connectivity index (χ1v) is 8.78. The van der Waals surface area contributed by atoms with Gasteiger partial charge in [-0.15, -0.1) is 0 Å². The van der Waals surface area contributed by atoms with E-state index in [0.29, 0.717) is 36.0 Å². The molecular formula is C20H17ClN4O. The van der Waals surface area contributed by atoms with E-state index in [-0.39, 0.29) is 5.91 Å². The minimum absolute atomic E-state index is 0.0392. The molecule has 26 heavy (non-hydrogen) atoms. The Morgan fingerprint density at radius 1 is 1.12 bits per heavy atom. The highest BCUT2D eigenvalue weighted by molar-refractivity contribution is 6.30. The first kappa shape index (κ1) is 16.5. The molecule has 1 aliphatic rings. The quantitative estimate of drug-likeness (QED) is 0.761. The summed E-state index contributed by atoms with van der Waals surface area (Å²) >= 11 is 6.00. The van der Waals surface area contributed by atoms with Gasteiger partial charge < -0.3 is 10.2 Å². The summed E-state index contributed by atoms with van der Waals surface area (Å²) in [5.74, 6) is 0.575. The van der Waals surface area contributed by atoms with Crippen LogP contribution in [0, 0.1) is 0 Å². The van der Waals surface area contributed by atoms with Crippen molar-refractivity contribution in [2.75, 3.05) is 11.9 Å². The number of halogens is 1. The van der Waals surface area contributed by atoms with Crippen molar-refractivity contribution in [3.63, 3.8) is 0 Å². The molecule has 0 saturated heterocycles. The maximum atomic E-state index is 12.6. The SMILES string of the molecule is O=C(c1ccccc1)N1CCc2nc(Nc3cccc(Cl)c3)ncc2C1. The van der Waals surface area contributed by atoms with Crippen LogP contribution in [0.1, 0.15) is 21.6 Å². The van der Waals surface area contributed by atoms with Gasteiger partial charge in [0.15, 0.2) is 0 Å². The first-order valence-electron chi connectivity index (χ1n) is 8.41. The number of amides is 1. The number of anilines is 2. The van der Waals surface area contributed by atoms with Crippen molar-refractivity contribution < 1.29 is 4.79 Å². The first-order chi connectivity index (χ1) is 12.7. The summed E-state index contributed by atoms with van der Waals surface area (Å²) in [6, 6.07) is 16.8. The van der Waals surface area contributed by atoms with Crippen LogP contribution in [0.25, 0.3) is 0 Å². The lowest BCUT2D eigenvalue weighted by atomic mass is 10.1. The summed E-state index contributed by atoms with van der Waals surface area (Å²) in [6.07, 6.45) is 2.50. The van der Waals surface area contributed by atoms with E-state index >= 15 is 0 Å². The smallest absolute Gasteiger partial charge is 0.254 e. The van der Waals surface area contributed by atoms with Crippen LogP contribution in [-0.4, -0.2) is 27.3 Å². The van der Waals surface area contributed by atoms with Crippen molar-refractivity contribution in [3.8, 4) is 0 Å². The molecule has 1 amide bonds. The number of aromatic nitrogens is 2. The number of carbonyl (C=O) groups is 1. The lowest BCUT2D eigenvalue weighted by molar-refractivity contribution is 0.0733. The topological polar surface area (TPSA) is 58.1 Å². The number of nitrogens with zero attached hydrogens (tertiary/aromatic N) is 3. The van der Waals surface area contributed by atoms with Gasteiger partial charge in [0, 0.05) is 47.5 Å². The molecule has 0 radical (unpaired) electrons. The van der Waals surface area contributed by atoms with Gasteiger partial charge in [-0.3, -0.25) is 4.79 Å². The van der Waals surface area contributed by atoms with Gasteiger partial charge in [0.25, 0.3) is 5.91 Å². The lowest BCUT2D eigenvalue weighted by Gasteiger charge is -2.28. The van der Waals surface area contributed by atoms with E-state index in [1.54, 1.807) is 6.20 Å². The molecule has 4 rings (SSSR count). The Hall–Kier alpha value is -2.92. The summed E-state index contributed by atoms with van der Waals surface area (Å²) in [5.41, 5.74) is 3.50. The molecule has 6 heteroatoms. The zero-order chi connectivity index (χ0) is 17.9. The molecule has 2 heterocycles. The van der Waals surface area contributed by atoms with E-state index in [2.05, 4.69) is 15.3 Å². The highest BCUT2D eigenvalue weighted by Gasteiger charge is 2.23. The average Bonchev–Trinajstić information content (AvgIpc) is 2.68. The molecule has 1 aliphatic heterocycles. The van der Waals surface area contributed by atoms with Gasteiger partial charge in [0.1, 0.15) is 0 Å². The monoisotopic (exact) mass is 364 g/mol. The van der Waals surface area contributed by atoms with Crippen LogP contribution < -0.4 is 5.32 Å². The molecule has 0 atom stereocenters. The Bertz CT molecular complexity index is 946. The van der Waals surface area contributed by atoms with Crippen LogP contribution >= 0.6 is 11.6 Å². The summed E-state index contributed by atoms with van der Waals surface area (Å²) in [5, 5.41) is 3.82. The van der Waals surface area contributed by atoms with Crippen LogP contribution in [0.5, 0.6) is 0 Å². The van der Waals surface area contributed by atoms with Crippen molar-refractivity contribution in [1.29, 1.82) is 0 Å². The second-order valence-corrected chi connectivity index (χ2v) is 6.58. The number of nitrogens with one attached hydrogen (secondary N) is 1. The predicted molar refractivity (Wildman–Crippen MR) is 102 cm³/mol. The third-order valence-corrected chi connectivity index (χ3v) is 4.56. The number of carbonyl (C=O) groups excluding carboxylic acids is 1. The fourth-order valence-electron chi connectivity index (χ4n) is 3.01. The highest BCUT2D eigenvalue weighted by Crippen LogP contribution is 2.22. The number of hydrogen-bond acceptors (Lipinski definition) is 4. The van der Waals surface area contributed by atoms with Gasteiger partial charge in [-0.05, 0) is 30.3 Å². The van der Waals surface area contributed by atoms with Gasteiger partial charge in [-0.1, -0.05) is 35.9 Å². The largest absolute Gasteiger partial charge is 0.334 e. The lowest BCUT2D eigenvalue weighted by Crippen LogP contribution is -2.36. The number of hydrogen-bond donors (Lipinski definition) is 1. The van der Waals surface area contributed by atoms with E-state index in [9.17, 15) is 4.79 Å². The molecule has 0 unspecified atom stereocenters.